The maximum Gasteiger partial charge on any atom is 0.145 e. The first kappa shape index (κ1) is 13.2. The van der Waals surface area contributed by atoms with E-state index in [0.717, 1.165) is 30.6 Å². The average molecular weight is 220 g/mol. The van der Waals surface area contributed by atoms with E-state index < -0.39 is 0 Å². The molecule has 90 valence electrons. The predicted octanol–water partition coefficient (Wildman–Crippen LogP) is 4.01. The first-order chi connectivity index (χ1) is 7.44. The van der Waals surface area contributed by atoms with Crippen LogP contribution in [-0.2, 0) is 4.79 Å². The van der Waals surface area contributed by atoms with Gasteiger partial charge in [0.25, 0.3) is 0 Å². The molecular formula is C15H24O. The van der Waals surface area contributed by atoms with Gasteiger partial charge in [-0.3, -0.25) is 4.79 Å². The van der Waals surface area contributed by atoms with Crippen LogP contribution in [0.1, 0.15) is 40.0 Å². The molecule has 1 nitrogen and oxygen atoms in total. The van der Waals surface area contributed by atoms with Gasteiger partial charge < -0.3 is 0 Å². The summed E-state index contributed by atoms with van der Waals surface area (Å²) < 4.78 is 0. The first-order valence-electron chi connectivity index (χ1n) is 6.22. The van der Waals surface area contributed by atoms with Gasteiger partial charge in [-0.25, -0.2) is 0 Å². The maximum atomic E-state index is 11.0. The van der Waals surface area contributed by atoms with E-state index in [2.05, 4.69) is 33.9 Å². The van der Waals surface area contributed by atoms with Crippen LogP contribution in [0.5, 0.6) is 0 Å². The Morgan fingerprint density at radius 1 is 1.50 bits per heavy atom. The minimum absolute atomic E-state index is 0.0589. The molecule has 1 heteroatoms. The summed E-state index contributed by atoms with van der Waals surface area (Å²) in [6, 6.07) is 0. The number of aldehydes is 1. The number of hydrogen-bond donors (Lipinski definition) is 0. The zero-order valence-corrected chi connectivity index (χ0v) is 10.8. The fraction of sp³-hybridized carbons (Fsp3) is 0.667. The molecule has 0 aromatic carbocycles. The summed E-state index contributed by atoms with van der Waals surface area (Å²) in [4.78, 5) is 11.0. The molecule has 0 saturated heterocycles. The summed E-state index contributed by atoms with van der Waals surface area (Å²) in [6.45, 7) is 14.6. The SMILES string of the molecule is C=CC1(C)CCC(C(C)C)CC1C(=C)C=O. The van der Waals surface area contributed by atoms with E-state index in [9.17, 15) is 4.79 Å². The Balaban J connectivity index is 2.90. The fourth-order valence-corrected chi connectivity index (χ4v) is 2.87. The zero-order chi connectivity index (χ0) is 12.3. The minimum atomic E-state index is 0.0589. The second-order valence-electron chi connectivity index (χ2n) is 5.73. The molecule has 0 aromatic heterocycles. The highest BCUT2D eigenvalue weighted by Gasteiger charge is 2.39. The van der Waals surface area contributed by atoms with Gasteiger partial charge in [0.05, 0.1) is 0 Å². The third kappa shape index (κ3) is 2.45. The van der Waals surface area contributed by atoms with Gasteiger partial charge >= 0.3 is 0 Å². The fourth-order valence-electron chi connectivity index (χ4n) is 2.87. The van der Waals surface area contributed by atoms with Crippen molar-refractivity contribution in [2.24, 2.45) is 23.2 Å². The van der Waals surface area contributed by atoms with Gasteiger partial charge in [0.2, 0.25) is 0 Å². The van der Waals surface area contributed by atoms with Gasteiger partial charge in [-0.05, 0) is 48.0 Å². The molecule has 0 aliphatic heterocycles. The van der Waals surface area contributed by atoms with E-state index in [1.807, 2.05) is 6.08 Å². The number of hydrogen-bond acceptors (Lipinski definition) is 1. The van der Waals surface area contributed by atoms with Crippen molar-refractivity contribution in [1.29, 1.82) is 0 Å². The van der Waals surface area contributed by atoms with Crippen molar-refractivity contribution in [3.63, 3.8) is 0 Å². The third-order valence-electron chi connectivity index (χ3n) is 4.40. The van der Waals surface area contributed by atoms with Crippen molar-refractivity contribution in [3.05, 3.63) is 24.8 Å². The molecule has 0 heterocycles. The quantitative estimate of drug-likeness (QED) is 0.397. The lowest BCUT2D eigenvalue weighted by Gasteiger charge is -2.44. The second-order valence-corrected chi connectivity index (χ2v) is 5.73. The first-order valence-corrected chi connectivity index (χ1v) is 6.22. The lowest BCUT2D eigenvalue weighted by Crippen LogP contribution is -2.35. The van der Waals surface area contributed by atoms with Crippen molar-refractivity contribution in [1.82, 2.24) is 0 Å². The Bertz CT molecular complexity index is 290. The van der Waals surface area contributed by atoms with Crippen molar-refractivity contribution in [2.45, 2.75) is 40.0 Å². The Kier molecular flexibility index (Phi) is 4.12. The summed E-state index contributed by atoms with van der Waals surface area (Å²) in [5.74, 6) is 1.69. The Hall–Kier alpha value is -0.850. The van der Waals surface area contributed by atoms with Crippen molar-refractivity contribution >= 4 is 6.29 Å². The molecule has 1 aliphatic rings. The molecule has 3 atom stereocenters. The van der Waals surface area contributed by atoms with Crippen LogP contribution in [0.25, 0.3) is 0 Å². The summed E-state index contributed by atoms with van der Waals surface area (Å²) in [6.07, 6.45) is 6.38. The van der Waals surface area contributed by atoms with E-state index in [0.29, 0.717) is 5.92 Å². The summed E-state index contributed by atoms with van der Waals surface area (Å²) in [5, 5.41) is 0. The summed E-state index contributed by atoms with van der Waals surface area (Å²) in [7, 11) is 0. The van der Waals surface area contributed by atoms with Crippen LogP contribution in [-0.4, -0.2) is 6.29 Å². The van der Waals surface area contributed by atoms with Crippen LogP contribution in [0.3, 0.4) is 0 Å². The number of carbonyl (C=O) groups is 1. The standard InChI is InChI=1S/C15H24O/c1-6-15(5)8-7-13(11(2)3)9-14(15)12(4)10-16/h6,10-11,13-14H,1,4,7-9H2,2-3,5H3. The number of allylic oxidation sites excluding steroid dienone is 2. The molecule has 0 N–H and O–H groups in total. The molecule has 0 amide bonds. The number of carbonyl (C=O) groups excluding carboxylic acids is 1. The highest BCUT2D eigenvalue weighted by atomic mass is 16.1. The Morgan fingerprint density at radius 2 is 2.12 bits per heavy atom. The van der Waals surface area contributed by atoms with Crippen LogP contribution >= 0.6 is 0 Å². The van der Waals surface area contributed by atoms with Gasteiger partial charge in [-0.15, -0.1) is 6.58 Å². The van der Waals surface area contributed by atoms with E-state index in [4.69, 9.17) is 0 Å². The van der Waals surface area contributed by atoms with E-state index in [1.165, 1.54) is 6.42 Å². The highest BCUT2D eigenvalue weighted by Crippen LogP contribution is 2.48. The minimum Gasteiger partial charge on any atom is -0.298 e. The van der Waals surface area contributed by atoms with Crippen LogP contribution in [0, 0.1) is 23.2 Å². The van der Waals surface area contributed by atoms with Crippen LogP contribution < -0.4 is 0 Å². The molecule has 3 unspecified atom stereocenters. The zero-order valence-electron chi connectivity index (χ0n) is 10.8. The molecule has 1 aliphatic carbocycles. The van der Waals surface area contributed by atoms with Crippen LogP contribution in [0.2, 0.25) is 0 Å². The number of rotatable bonds is 4. The van der Waals surface area contributed by atoms with Crippen LogP contribution in [0.15, 0.2) is 24.8 Å². The largest absolute Gasteiger partial charge is 0.298 e. The van der Waals surface area contributed by atoms with Gasteiger partial charge in [-0.2, -0.15) is 0 Å². The van der Waals surface area contributed by atoms with Gasteiger partial charge in [0.1, 0.15) is 6.29 Å². The average Bonchev–Trinajstić information content (AvgIpc) is 2.28. The third-order valence-corrected chi connectivity index (χ3v) is 4.40. The normalized spacial score (nSPS) is 34.8. The molecule has 16 heavy (non-hydrogen) atoms. The molecular weight excluding hydrogens is 196 g/mol. The smallest absolute Gasteiger partial charge is 0.145 e. The van der Waals surface area contributed by atoms with Gasteiger partial charge in [0.15, 0.2) is 0 Å². The Morgan fingerprint density at radius 3 is 2.56 bits per heavy atom. The summed E-state index contributed by atoms with van der Waals surface area (Å²) >= 11 is 0. The van der Waals surface area contributed by atoms with Crippen molar-refractivity contribution < 1.29 is 4.79 Å². The van der Waals surface area contributed by atoms with Crippen LogP contribution in [0.4, 0.5) is 0 Å². The molecule has 0 bridgehead atoms. The molecule has 1 rings (SSSR count). The molecule has 1 saturated carbocycles. The maximum absolute atomic E-state index is 11.0. The summed E-state index contributed by atoms with van der Waals surface area (Å²) in [5.41, 5.74) is 0.802. The van der Waals surface area contributed by atoms with Crippen molar-refractivity contribution in [3.8, 4) is 0 Å². The Labute approximate surface area is 99.6 Å². The lowest BCUT2D eigenvalue weighted by atomic mass is 9.60. The second kappa shape index (κ2) is 4.99. The predicted molar refractivity (Wildman–Crippen MR) is 69.2 cm³/mol. The van der Waals surface area contributed by atoms with Crippen molar-refractivity contribution in [2.75, 3.05) is 0 Å². The molecule has 1 fully saturated rings. The molecule has 0 radical (unpaired) electrons. The van der Waals surface area contributed by atoms with Gasteiger partial charge in [-0.1, -0.05) is 33.4 Å². The monoisotopic (exact) mass is 220 g/mol. The molecule has 0 spiro atoms. The van der Waals surface area contributed by atoms with E-state index in [1.54, 1.807) is 0 Å². The highest BCUT2D eigenvalue weighted by molar-refractivity contribution is 5.73. The van der Waals surface area contributed by atoms with E-state index >= 15 is 0 Å². The molecule has 0 aromatic rings. The van der Waals surface area contributed by atoms with E-state index in [-0.39, 0.29) is 11.3 Å². The topological polar surface area (TPSA) is 17.1 Å². The van der Waals surface area contributed by atoms with Gasteiger partial charge in [0, 0.05) is 0 Å². The lowest BCUT2D eigenvalue weighted by molar-refractivity contribution is -0.106.